The number of hydrogen-bond acceptors (Lipinski definition) is 8. The van der Waals surface area contributed by atoms with Crippen LogP contribution in [0.4, 0.5) is 11.5 Å². The van der Waals surface area contributed by atoms with Crippen molar-refractivity contribution in [2.24, 2.45) is 0 Å². The summed E-state index contributed by atoms with van der Waals surface area (Å²) in [5.41, 5.74) is 5.38. The lowest BCUT2D eigenvalue weighted by Crippen LogP contribution is -2.21. The molecule has 2 unspecified atom stereocenters. The molecule has 0 amide bonds. The Labute approximate surface area is 125 Å². The number of aromatic nitrogens is 1. The van der Waals surface area contributed by atoms with E-state index in [1.807, 2.05) is 0 Å². The molecule has 116 valence electrons. The maximum Gasteiger partial charge on any atom is 0.314 e. The first-order valence-corrected chi connectivity index (χ1v) is 7.13. The van der Waals surface area contributed by atoms with Crippen molar-refractivity contribution >= 4 is 28.4 Å². The van der Waals surface area contributed by atoms with E-state index in [-0.39, 0.29) is 34.2 Å². The SMILES string of the molecule is CC(=O)SCCC(O)C(O)c1cnc(N)c([N+](=O)[O-])c1C. The lowest BCUT2D eigenvalue weighted by atomic mass is 9.99. The van der Waals surface area contributed by atoms with Crippen molar-refractivity contribution in [1.29, 1.82) is 0 Å². The molecule has 21 heavy (non-hydrogen) atoms. The fourth-order valence-corrected chi connectivity index (χ4v) is 2.49. The lowest BCUT2D eigenvalue weighted by molar-refractivity contribution is -0.384. The Hall–Kier alpha value is -1.71. The van der Waals surface area contributed by atoms with E-state index in [0.717, 1.165) is 11.8 Å². The number of carbonyl (C=O) groups excluding carboxylic acids is 1. The first-order valence-electron chi connectivity index (χ1n) is 6.14. The number of pyridine rings is 1. The van der Waals surface area contributed by atoms with Gasteiger partial charge in [0.1, 0.15) is 6.10 Å². The number of aliphatic hydroxyl groups excluding tert-OH is 2. The minimum Gasteiger partial charge on any atom is -0.390 e. The third-order valence-electron chi connectivity index (χ3n) is 2.96. The van der Waals surface area contributed by atoms with Gasteiger partial charge in [0.25, 0.3) is 0 Å². The number of aliphatic hydroxyl groups is 2. The van der Waals surface area contributed by atoms with Crippen LogP contribution in [0.3, 0.4) is 0 Å². The van der Waals surface area contributed by atoms with E-state index in [4.69, 9.17) is 5.73 Å². The number of rotatable bonds is 6. The molecule has 0 aliphatic heterocycles. The molecule has 9 heteroatoms. The molecule has 0 radical (unpaired) electrons. The van der Waals surface area contributed by atoms with Gasteiger partial charge in [-0.3, -0.25) is 14.9 Å². The van der Waals surface area contributed by atoms with Gasteiger partial charge in [-0.1, -0.05) is 11.8 Å². The topological polar surface area (TPSA) is 140 Å². The zero-order valence-electron chi connectivity index (χ0n) is 11.6. The second kappa shape index (κ2) is 7.34. The molecular formula is C12H17N3O5S. The molecule has 0 saturated heterocycles. The molecule has 0 bridgehead atoms. The van der Waals surface area contributed by atoms with Crippen LogP contribution in [0.25, 0.3) is 0 Å². The number of nitro groups is 1. The van der Waals surface area contributed by atoms with Crippen LogP contribution in [0.15, 0.2) is 6.20 Å². The van der Waals surface area contributed by atoms with Crippen LogP contribution >= 0.6 is 11.8 Å². The summed E-state index contributed by atoms with van der Waals surface area (Å²) in [6.45, 7) is 2.84. The second-order valence-electron chi connectivity index (χ2n) is 4.47. The van der Waals surface area contributed by atoms with Gasteiger partial charge >= 0.3 is 5.69 Å². The number of nitrogens with two attached hydrogens (primary N) is 1. The molecule has 0 saturated carbocycles. The molecular weight excluding hydrogens is 298 g/mol. The van der Waals surface area contributed by atoms with Crippen LogP contribution in [0.2, 0.25) is 0 Å². The van der Waals surface area contributed by atoms with E-state index < -0.39 is 17.1 Å². The Morgan fingerprint density at radius 2 is 2.19 bits per heavy atom. The normalized spacial score (nSPS) is 13.7. The summed E-state index contributed by atoms with van der Waals surface area (Å²) in [5.74, 6) is 0.104. The zero-order chi connectivity index (χ0) is 16.2. The van der Waals surface area contributed by atoms with Gasteiger partial charge in [0, 0.05) is 30.0 Å². The summed E-state index contributed by atoms with van der Waals surface area (Å²) < 4.78 is 0. The Bertz CT molecular complexity index is 552. The van der Waals surface area contributed by atoms with E-state index in [2.05, 4.69) is 4.98 Å². The van der Waals surface area contributed by atoms with Crippen molar-refractivity contribution in [3.63, 3.8) is 0 Å². The minimum absolute atomic E-state index is 0.0855. The van der Waals surface area contributed by atoms with Gasteiger partial charge < -0.3 is 15.9 Å². The predicted molar refractivity (Wildman–Crippen MR) is 78.8 cm³/mol. The second-order valence-corrected chi connectivity index (χ2v) is 5.74. The summed E-state index contributed by atoms with van der Waals surface area (Å²) in [7, 11) is 0. The largest absolute Gasteiger partial charge is 0.390 e. The number of nitrogen functional groups attached to an aromatic ring is 1. The summed E-state index contributed by atoms with van der Waals surface area (Å²) in [5, 5.41) is 30.8. The number of hydrogen-bond donors (Lipinski definition) is 3. The van der Waals surface area contributed by atoms with Crippen LogP contribution in [0.5, 0.6) is 0 Å². The van der Waals surface area contributed by atoms with E-state index in [9.17, 15) is 25.1 Å². The van der Waals surface area contributed by atoms with E-state index in [1.54, 1.807) is 0 Å². The van der Waals surface area contributed by atoms with E-state index in [0.29, 0.717) is 5.75 Å². The van der Waals surface area contributed by atoms with E-state index >= 15 is 0 Å². The molecule has 1 heterocycles. The molecule has 1 aromatic heterocycles. The quantitative estimate of drug-likeness (QED) is 0.520. The maximum absolute atomic E-state index is 10.9. The number of anilines is 1. The fourth-order valence-electron chi connectivity index (χ4n) is 1.84. The number of carbonyl (C=O) groups is 1. The van der Waals surface area contributed by atoms with Gasteiger partial charge in [0.15, 0.2) is 5.12 Å². The van der Waals surface area contributed by atoms with Crippen molar-refractivity contribution in [1.82, 2.24) is 4.98 Å². The molecule has 1 rings (SSSR count). The van der Waals surface area contributed by atoms with Crippen molar-refractivity contribution in [2.45, 2.75) is 32.5 Å². The molecule has 4 N–H and O–H groups in total. The van der Waals surface area contributed by atoms with Crippen LogP contribution in [-0.2, 0) is 4.79 Å². The Kier molecular flexibility index (Phi) is 6.06. The highest BCUT2D eigenvalue weighted by Gasteiger charge is 2.27. The average molecular weight is 315 g/mol. The number of nitrogens with zero attached hydrogens (tertiary/aromatic N) is 2. The third-order valence-corrected chi connectivity index (χ3v) is 3.80. The summed E-state index contributed by atoms with van der Waals surface area (Å²) in [6.07, 6.45) is -1.10. The first-order chi connectivity index (χ1) is 9.75. The van der Waals surface area contributed by atoms with Crippen LogP contribution < -0.4 is 5.73 Å². The van der Waals surface area contributed by atoms with Crippen molar-refractivity contribution in [3.8, 4) is 0 Å². The third kappa shape index (κ3) is 4.38. The molecule has 0 aliphatic rings. The van der Waals surface area contributed by atoms with Gasteiger partial charge in [-0.05, 0) is 13.3 Å². The standard InChI is InChI=1S/C12H17N3O5S/c1-6-8(5-14-12(13)10(6)15(19)20)11(18)9(17)3-4-21-7(2)16/h5,9,11,17-18H,3-4H2,1-2H3,(H2,13,14). The predicted octanol–water partition coefficient (Wildman–Crippen LogP) is 0.945. The molecule has 2 atom stereocenters. The highest BCUT2D eigenvalue weighted by molar-refractivity contribution is 8.13. The van der Waals surface area contributed by atoms with Gasteiger partial charge in [-0.15, -0.1) is 0 Å². The molecule has 0 spiro atoms. The lowest BCUT2D eigenvalue weighted by Gasteiger charge is -2.19. The minimum atomic E-state index is -1.33. The molecule has 1 aromatic rings. The zero-order valence-corrected chi connectivity index (χ0v) is 12.5. The van der Waals surface area contributed by atoms with Gasteiger partial charge in [0.2, 0.25) is 5.82 Å². The number of thioether (sulfide) groups is 1. The van der Waals surface area contributed by atoms with Crippen molar-refractivity contribution in [2.75, 3.05) is 11.5 Å². The van der Waals surface area contributed by atoms with E-state index in [1.165, 1.54) is 20.0 Å². The molecule has 8 nitrogen and oxygen atoms in total. The smallest absolute Gasteiger partial charge is 0.314 e. The monoisotopic (exact) mass is 315 g/mol. The van der Waals surface area contributed by atoms with Crippen LogP contribution in [-0.4, -0.2) is 37.1 Å². The Morgan fingerprint density at radius 1 is 1.57 bits per heavy atom. The highest BCUT2D eigenvalue weighted by atomic mass is 32.2. The fraction of sp³-hybridized carbons (Fsp3) is 0.500. The summed E-state index contributed by atoms with van der Waals surface area (Å²) in [6, 6.07) is 0. The van der Waals surface area contributed by atoms with Crippen LogP contribution in [0.1, 0.15) is 30.6 Å². The molecule has 0 fully saturated rings. The van der Waals surface area contributed by atoms with Crippen molar-refractivity contribution in [3.05, 3.63) is 27.4 Å². The highest BCUT2D eigenvalue weighted by Crippen LogP contribution is 2.31. The van der Waals surface area contributed by atoms with Gasteiger partial charge in [-0.25, -0.2) is 4.98 Å². The molecule has 0 aromatic carbocycles. The van der Waals surface area contributed by atoms with Gasteiger partial charge in [-0.2, -0.15) is 0 Å². The summed E-state index contributed by atoms with van der Waals surface area (Å²) in [4.78, 5) is 24.7. The van der Waals surface area contributed by atoms with Crippen LogP contribution in [0, 0.1) is 17.0 Å². The average Bonchev–Trinajstić information content (AvgIpc) is 2.37. The van der Waals surface area contributed by atoms with Gasteiger partial charge in [0.05, 0.1) is 11.0 Å². The Balaban J connectivity index is 2.92. The molecule has 0 aliphatic carbocycles. The first kappa shape index (κ1) is 17.3. The maximum atomic E-state index is 10.9. The summed E-state index contributed by atoms with van der Waals surface area (Å²) >= 11 is 1.03. The Morgan fingerprint density at radius 3 is 2.71 bits per heavy atom. The van der Waals surface area contributed by atoms with Crippen molar-refractivity contribution < 1.29 is 19.9 Å².